The predicted molar refractivity (Wildman–Crippen MR) is 117 cm³/mol. The minimum Gasteiger partial charge on any atom is -0.449 e. The van der Waals surface area contributed by atoms with Gasteiger partial charge in [-0.15, -0.1) is 0 Å². The zero-order valence-corrected chi connectivity index (χ0v) is 18.9. The molecule has 0 saturated carbocycles. The third-order valence-corrected chi connectivity index (χ3v) is 7.21. The van der Waals surface area contributed by atoms with Crippen LogP contribution in [0, 0.1) is 0 Å². The fourth-order valence-electron chi connectivity index (χ4n) is 3.10. The first kappa shape index (κ1) is 22.5. The van der Waals surface area contributed by atoms with Gasteiger partial charge in [0.2, 0.25) is 10.0 Å². The molecule has 1 saturated heterocycles. The first-order chi connectivity index (χ1) is 14.3. The van der Waals surface area contributed by atoms with Gasteiger partial charge >= 0.3 is 5.97 Å². The first-order valence-electron chi connectivity index (χ1n) is 9.65. The highest BCUT2D eigenvalue weighted by Gasteiger charge is 2.27. The largest absolute Gasteiger partial charge is 0.449 e. The first-order valence-corrected chi connectivity index (χ1v) is 11.9. The van der Waals surface area contributed by atoms with E-state index in [1.807, 2.05) is 0 Å². The predicted octanol–water partition coefficient (Wildman–Crippen LogP) is 3.81. The Hall–Kier alpha value is -2.23. The smallest absolute Gasteiger partial charge is 0.338 e. The molecule has 1 aliphatic rings. The third-order valence-electron chi connectivity index (χ3n) is 4.79. The summed E-state index contributed by atoms with van der Waals surface area (Å²) in [6.45, 7) is 2.41. The van der Waals surface area contributed by atoms with Crippen LogP contribution in [-0.4, -0.2) is 43.8 Å². The molecule has 30 heavy (non-hydrogen) atoms. The third kappa shape index (κ3) is 5.47. The van der Waals surface area contributed by atoms with Crippen LogP contribution in [0.4, 0.5) is 5.69 Å². The van der Waals surface area contributed by atoms with Crippen molar-refractivity contribution < 1.29 is 22.7 Å². The van der Waals surface area contributed by atoms with Gasteiger partial charge in [0, 0.05) is 23.2 Å². The highest BCUT2D eigenvalue weighted by atomic mass is 79.9. The molecule has 1 heterocycles. The van der Waals surface area contributed by atoms with Gasteiger partial charge in [0.1, 0.15) is 0 Å². The van der Waals surface area contributed by atoms with E-state index in [1.54, 1.807) is 24.3 Å². The Kier molecular flexibility index (Phi) is 7.27. The summed E-state index contributed by atoms with van der Waals surface area (Å²) in [6.07, 6.45) is 1.61. The highest BCUT2D eigenvalue weighted by molar-refractivity contribution is 9.10. The van der Waals surface area contributed by atoms with Crippen LogP contribution in [0.3, 0.4) is 0 Å². The molecule has 2 aromatic rings. The summed E-state index contributed by atoms with van der Waals surface area (Å²) >= 11 is 3.32. The summed E-state index contributed by atoms with van der Waals surface area (Å²) in [5.41, 5.74) is 0.650. The number of nitrogens with one attached hydrogen (secondary N) is 1. The van der Waals surface area contributed by atoms with Crippen LogP contribution in [0.25, 0.3) is 0 Å². The molecule has 1 aliphatic heterocycles. The highest BCUT2D eigenvalue weighted by Crippen LogP contribution is 2.22. The normalized spacial score (nSPS) is 15.9. The average molecular weight is 495 g/mol. The Morgan fingerprint density at radius 3 is 2.40 bits per heavy atom. The number of halogens is 1. The second-order valence-electron chi connectivity index (χ2n) is 7.04. The zero-order chi connectivity index (χ0) is 21.7. The minimum atomic E-state index is -3.66. The van der Waals surface area contributed by atoms with E-state index in [0.29, 0.717) is 18.8 Å². The van der Waals surface area contributed by atoms with E-state index in [0.717, 1.165) is 23.7 Å². The SMILES string of the molecule is CC(OC(=O)c1cccc(S(=O)(=O)N2CCCCC2)c1)C(=O)Nc1ccc(Br)cc1. The van der Waals surface area contributed by atoms with Gasteiger partial charge in [-0.1, -0.05) is 28.4 Å². The number of ether oxygens (including phenoxy) is 1. The molecule has 0 bridgehead atoms. The molecule has 1 N–H and O–H groups in total. The molecule has 0 aromatic heterocycles. The summed E-state index contributed by atoms with van der Waals surface area (Å²) in [5.74, 6) is -1.24. The van der Waals surface area contributed by atoms with Gasteiger partial charge in [-0.05, 0) is 62.2 Å². The maximum absolute atomic E-state index is 12.8. The van der Waals surface area contributed by atoms with Gasteiger partial charge in [-0.25, -0.2) is 13.2 Å². The lowest BCUT2D eigenvalue weighted by Gasteiger charge is -2.26. The van der Waals surface area contributed by atoms with Gasteiger partial charge in [-0.3, -0.25) is 4.79 Å². The summed E-state index contributed by atoms with van der Waals surface area (Å²) in [4.78, 5) is 24.8. The van der Waals surface area contributed by atoms with Crippen molar-refractivity contribution in [3.8, 4) is 0 Å². The fourth-order valence-corrected chi connectivity index (χ4v) is 4.92. The summed E-state index contributed by atoms with van der Waals surface area (Å²) < 4.78 is 33.2. The number of carbonyl (C=O) groups is 2. The molecule has 0 radical (unpaired) electrons. The van der Waals surface area contributed by atoms with Crippen molar-refractivity contribution in [2.75, 3.05) is 18.4 Å². The summed E-state index contributed by atoms with van der Waals surface area (Å²) in [5, 5.41) is 2.66. The van der Waals surface area contributed by atoms with Crippen LogP contribution in [0.1, 0.15) is 36.5 Å². The number of esters is 1. The summed E-state index contributed by atoms with van der Waals surface area (Å²) in [7, 11) is -3.66. The molecule has 0 spiro atoms. The standard InChI is InChI=1S/C21H23BrN2O5S/c1-15(20(25)23-18-10-8-17(22)9-11-18)29-21(26)16-6-5-7-19(14-16)30(27,28)24-12-3-2-4-13-24/h5-11,14-15H,2-4,12-13H2,1H3,(H,23,25). The average Bonchev–Trinajstić information content (AvgIpc) is 2.76. The zero-order valence-electron chi connectivity index (χ0n) is 16.5. The molecule has 9 heteroatoms. The van der Waals surface area contributed by atoms with E-state index in [4.69, 9.17) is 4.74 Å². The number of amides is 1. The molecule has 160 valence electrons. The molecule has 1 unspecified atom stereocenters. The Bertz CT molecular complexity index is 1020. The van der Waals surface area contributed by atoms with E-state index in [9.17, 15) is 18.0 Å². The molecule has 2 aromatic carbocycles. The van der Waals surface area contributed by atoms with Gasteiger partial charge in [0.15, 0.2) is 6.10 Å². The van der Waals surface area contributed by atoms with Crippen molar-refractivity contribution in [3.63, 3.8) is 0 Å². The van der Waals surface area contributed by atoms with Crippen LogP contribution in [0.2, 0.25) is 0 Å². The van der Waals surface area contributed by atoms with Crippen LogP contribution >= 0.6 is 15.9 Å². The molecule has 1 atom stereocenters. The van der Waals surface area contributed by atoms with Crippen molar-refractivity contribution in [2.24, 2.45) is 0 Å². The molecule has 1 amide bonds. The van der Waals surface area contributed by atoms with E-state index in [-0.39, 0.29) is 10.5 Å². The topological polar surface area (TPSA) is 92.8 Å². The van der Waals surface area contributed by atoms with Crippen molar-refractivity contribution >= 4 is 43.5 Å². The van der Waals surface area contributed by atoms with Crippen LogP contribution in [-0.2, 0) is 19.6 Å². The second kappa shape index (κ2) is 9.72. The molecule has 0 aliphatic carbocycles. The number of rotatable bonds is 6. The van der Waals surface area contributed by atoms with Crippen LogP contribution < -0.4 is 5.32 Å². The maximum Gasteiger partial charge on any atom is 0.338 e. The van der Waals surface area contributed by atoms with Crippen molar-refractivity contribution in [1.82, 2.24) is 4.31 Å². The molecule has 3 rings (SSSR count). The fraction of sp³-hybridized carbons (Fsp3) is 0.333. The van der Waals surface area contributed by atoms with Gasteiger partial charge in [0.05, 0.1) is 10.5 Å². The number of benzene rings is 2. The monoisotopic (exact) mass is 494 g/mol. The second-order valence-corrected chi connectivity index (χ2v) is 9.89. The Morgan fingerprint density at radius 2 is 1.73 bits per heavy atom. The van der Waals surface area contributed by atoms with Crippen molar-refractivity contribution in [3.05, 3.63) is 58.6 Å². The lowest BCUT2D eigenvalue weighted by atomic mass is 10.2. The lowest BCUT2D eigenvalue weighted by Crippen LogP contribution is -2.35. The number of hydrogen-bond acceptors (Lipinski definition) is 5. The number of anilines is 1. The van der Waals surface area contributed by atoms with Crippen LogP contribution in [0.15, 0.2) is 57.9 Å². The van der Waals surface area contributed by atoms with Crippen LogP contribution in [0.5, 0.6) is 0 Å². The number of nitrogens with zero attached hydrogens (tertiary/aromatic N) is 1. The van der Waals surface area contributed by atoms with Crippen molar-refractivity contribution in [2.45, 2.75) is 37.2 Å². The van der Waals surface area contributed by atoms with E-state index in [2.05, 4.69) is 21.2 Å². The minimum absolute atomic E-state index is 0.0471. The number of piperidine rings is 1. The molecule has 1 fully saturated rings. The number of carbonyl (C=O) groups excluding carboxylic acids is 2. The van der Waals surface area contributed by atoms with E-state index >= 15 is 0 Å². The van der Waals surface area contributed by atoms with Gasteiger partial charge in [-0.2, -0.15) is 4.31 Å². The Labute approximate surface area is 184 Å². The maximum atomic E-state index is 12.8. The Balaban J connectivity index is 1.67. The summed E-state index contributed by atoms with van der Waals surface area (Å²) in [6, 6.07) is 12.7. The van der Waals surface area contributed by atoms with Crippen molar-refractivity contribution in [1.29, 1.82) is 0 Å². The number of sulfonamides is 1. The number of hydrogen-bond donors (Lipinski definition) is 1. The van der Waals surface area contributed by atoms with Gasteiger partial charge in [0.25, 0.3) is 5.91 Å². The molecule has 7 nitrogen and oxygen atoms in total. The van der Waals surface area contributed by atoms with Gasteiger partial charge < -0.3 is 10.1 Å². The van der Waals surface area contributed by atoms with E-state index < -0.39 is 28.0 Å². The lowest BCUT2D eigenvalue weighted by molar-refractivity contribution is -0.123. The van der Waals surface area contributed by atoms with E-state index in [1.165, 1.54) is 35.5 Å². The molecular weight excluding hydrogens is 472 g/mol. The quantitative estimate of drug-likeness (QED) is 0.616. The molecular formula is C21H23BrN2O5S. The Morgan fingerprint density at radius 1 is 1.07 bits per heavy atom.